The van der Waals surface area contributed by atoms with E-state index in [1.165, 1.54) is 0 Å². The lowest BCUT2D eigenvalue weighted by atomic mass is 10.1. The second-order valence-corrected chi connectivity index (χ2v) is 7.43. The molecule has 3 amide bonds. The SMILES string of the molecule is O=C(NCc1ccccc1)N[C@@H](Cc1ccccc1)C(=O)NCC1C=C(Br)NO1. The topological polar surface area (TPSA) is 91.5 Å². The lowest BCUT2D eigenvalue weighted by Crippen LogP contribution is -2.52. The molecule has 2 aromatic rings. The maximum absolute atomic E-state index is 12.7. The van der Waals surface area contributed by atoms with Gasteiger partial charge in [-0.3, -0.25) is 15.1 Å². The van der Waals surface area contributed by atoms with Gasteiger partial charge in [0.2, 0.25) is 5.91 Å². The number of carbonyl (C=O) groups is 2. The molecule has 152 valence electrons. The second-order valence-electron chi connectivity index (χ2n) is 6.57. The number of hydrogen-bond acceptors (Lipinski definition) is 4. The Morgan fingerprint density at radius 1 is 1.00 bits per heavy atom. The summed E-state index contributed by atoms with van der Waals surface area (Å²) in [5.41, 5.74) is 4.61. The third kappa shape index (κ3) is 6.92. The Labute approximate surface area is 178 Å². The molecular formula is C21H23BrN4O3. The van der Waals surface area contributed by atoms with Crippen LogP contribution in [0.3, 0.4) is 0 Å². The van der Waals surface area contributed by atoms with Crippen molar-refractivity contribution in [3.05, 3.63) is 82.5 Å². The van der Waals surface area contributed by atoms with Crippen LogP contribution in [-0.2, 0) is 22.6 Å². The molecule has 1 unspecified atom stereocenters. The molecule has 0 spiro atoms. The molecule has 2 aromatic carbocycles. The van der Waals surface area contributed by atoms with Crippen molar-refractivity contribution in [2.75, 3.05) is 6.54 Å². The normalized spacial score (nSPS) is 16.3. The highest BCUT2D eigenvalue weighted by atomic mass is 79.9. The first kappa shape index (κ1) is 20.9. The zero-order valence-corrected chi connectivity index (χ0v) is 17.3. The highest BCUT2D eigenvalue weighted by Crippen LogP contribution is 2.11. The average molecular weight is 459 g/mol. The lowest BCUT2D eigenvalue weighted by molar-refractivity contribution is -0.123. The van der Waals surface area contributed by atoms with Crippen molar-refractivity contribution in [2.45, 2.75) is 25.1 Å². The van der Waals surface area contributed by atoms with Crippen molar-refractivity contribution in [1.29, 1.82) is 0 Å². The van der Waals surface area contributed by atoms with Crippen LogP contribution < -0.4 is 21.4 Å². The summed E-state index contributed by atoms with van der Waals surface area (Å²) in [6.45, 7) is 0.673. The highest BCUT2D eigenvalue weighted by molar-refractivity contribution is 9.11. The van der Waals surface area contributed by atoms with Crippen molar-refractivity contribution in [2.24, 2.45) is 0 Å². The first-order valence-electron chi connectivity index (χ1n) is 9.29. The van der Waals surface area contributed by atoms with E-state index in [-0.39, 0.29) is 12.0 Å². The summed E-state index contributed by atoms with van der Waals surface area (Å²) >= 11 is 3.28. The summed E-state index contributed by atoms with van der Waals surface area (Å²) < 4.78 is 0.719. The molecule has 1 aliphatic rings. The van der Waals surface area contributed by atoms with Crippen molar-refractivity contribution in [1.82, 2.24) is 21.4 Å². The van der Waals surface area contributed by atoms with E-state index in [1.807, 2.05) is 66.7 Å². The number of hydrogen-bond donors (Lipinski definition) is 4. The van der Waals surface area contributed by atoms with Crippen LogP contribution in [0.1, 0.15) is 11.1 Å². The number of amides is 3. The Kier molecular flexibility index (Phi) is 7.66. The smallest absolute Gasteiger partial charge is 0.315 e. The molecule has 0 saturated heterocycles. The molecule has 4 N–H and O–H groups in total. The van der Waals surface area contributed by atoms with Gasteiger partial charge >= 0.3 is 6.03 Å². The largest absolute Gasteiger partial charge is 0.351 e. The van der Waals surface area contributed by atoms with E-state index < -0.39 is 12.1 Å². The molecule has 8 heteroatoms. The van der Waals surface area contributed by atoms with E-state index in [2.05, 4.69) is 37.4 Å². The number of nitrogens with one attached hydrogen (secondary N) is 4. The van der Waals surface area contributed by atoms with Crippen LogP contribution in [-0.4, -0.2) is 30.6 Å². The average Bonchev–Trinajstić information content (AvgIpc) is 3.17. The van der Waals surface area contributed by atoms with Gasteiger partial charge in [0, 0.05) is 13.0 Å². The molecule has 7 nitrogen and oxygen atoms in total. The number of rotatable bonds is 8. The minimum Gasteiger partial charge on any atom is -0.351 e. The number of hydroxylamine groups is 1. The molecule has 0 aliphatic carbocycles. The van der Waals surface area contributed by atoms with Crippen LogP contribution in [0.25, 0.3) is 0 Å². The van der Waals surface area contributed by atoms with E-state index in [1.54, 1.807) is 0 Å². The van der Waals surface area contributed by atoms with Gasteiger partial charge in [0.05, 0.1) is 6.54 Å². The summed E-state index contributed by atoms with van der Waals surface area (Å²) in [4.78, 5) is 30.4. The van der Waals surface area contributed by atoms with Gasteiger partial charge in [-0.2, -0.15) is 0 Å². The minimum atomic E-state index is -0.713. The Balaban J connectivity index is 1.57. The molecule has 1 aliphatic heterocycles. The summed E-state index contributed by atoms with van der Waals surface area (Å²) in [7, 11) is 0. The Morgan fingerprint density at radius 3 is 2.28 bits per heavy atom. The predicted molar refractivity (Wildman–Crippen MR) is 114 cm³/mol. The van der Waals surface area contributed by atoms with E-state index in [0.29, 0.717) is 19.5 Å². The van der Waals surface area contributed by atoms with Crippen LogP contribution in [0, 0.1) is 0 Å². The standard InChI is InChI=1S/C21H23BrN4O3/c22-19-12-17(29-26-19)14-23-20(27)18(11-15-7-3-1-4-8-15)25-21(28)24-13-16-9-5-2-6-10-16/h1-10,12,17-18,26H,11,13-14H2,(H,23,27)(H2,24,25,28)/t17?,18-/m0/s1. The van der Waals surface area contributed by atoms with Gasteiger partial charge in [-0.1, -0.05) is 60.7 Å². The summed E-state index contributed by atoms with van der Waals surface area (Å²) in [6, 6.07) is 18.0. The number of carbonyl (C=O) groups excluding carboxylic acids is 2. The summed E-state index contributed by atoms with van der Waals surface area (Å²) in [6.07, 6.45) is 1.92. The molecule has 0 fully saturated rings. The van der Waals surface area contributed by atoms with Crippen molar-refractivity contribution < 1.29 is 14.4 Å². The van der Waals surface area contributed by atoms with Crippen molar-refractivity contribution in [3.8, 4) is 0 Å². The molecule has 0 bridgehead atoms. The molecule has 0 saturated carbocycles. The van der Waals surface area contributed by atoms with Gasteiger partial charge in [0.25, 0.3) is 0 Å². The summed E-state index contributed by atoms with van der Waals surface area (Å²) in [5, 5.41) is 8.40. The third-order valence-corrected chi connectivity index (χ3v) is 4.74. The van der Waals surface area contributed by atoms with Crippen LogP contribution in [0.5, 0.6) is 0 Å². The predicted octanol–water partition coefficient (Wildman–Crippen LogP) is 2.35. The zero-order valence-electron chi connectivity index (χ0n) is 15.7. The van der Waals surface area contributed by atoms with Crippen LogP contribution in [0.15, 0.2) is 71.3 Å². The van der Waals surface area contributed by atoms with E-state index >= 15 is 0 Å². The second kappa shape index (κ2) is 10.6. The summed E-state index contributed by atoms with van der Waals surface area (Å²) in [5.74, 6) is -0.274. The highest BCUT2D eigenvalue weighted by Gasteiger charge is 2.23. The maximum Gasteiger partial charge on any atom is 0.315 e. The fraction of sp³-hybridized carbons (Fsp3) is 0.238. The van der Waals surface area contributed by atoms with Gasteiger partial charge in [-0.15, -0.1) is 0 Å². The lowest BCUT2D eigenvalue weighted by Gasteiger charge is -2.20. The van der Waals surface area contributed by atoms with Crippen molar-refractivity contribution >= 4 is 27.9 Å². The monoisotopic (exact) mass is 458 g/mol. The molecule has 0 radical (unpaired) electrons. The fourth-order valence-corrected chi connectivity index (χ4v) is 3.22. The zero-order chi connectivity index (χ0) is 20.5. The molecule has 1 heterocycles. The Hall–Kier alpha value is -2.84. The Bertz CT molecular complexity index is 846. The van der Waals surface area contributed by atoms with E-state index in [9.17, 15) is 9.59 Å². The van der Waals surface area contributed by atoms with Gasteiger partial charge < -0.3 is 16.0 Å². The number of halogens is 1. The molecule has 29 heavy (non-hydrogen) atoms. The first-order chi connectivity index (χ1) is 14.1. The fourth-order valence-electron chi connectivity index (χ4n) is 2.83. The molecule has 0 aromatic heterocycles. The van der Waals surface area contributed by atoms with E-state index in [4.69, 9.17) is 4.84 Å². The molecule has 2 atom stereocenters. The van der Waals surface area contributed by atoms with Gasteiger partial charge in [-0.05, 0) is 33.1 Å². The van der Waals surface area contributed by atoms with E-state index in [0.717, 1.165) is 15.7 Å². The first-order valence-corrected chi connectivity index (χ1v) is 10.1. The number of urea groups is 1. The van der Waals surface area contributed by atoms with Crippen LogP contribution in [0.2, 0.25) is 0 Å². The van der Waals surface area contributed by atoms with Crippen molar-refractivity contribution in [3.63, 3.8) is 0 Å². The third-order valence-electron chi connectivity index (χ3n) is 4.32. The Morgan fingerprint density at radius 2 is 1.66 bits per heavy atom. The van der Waals surface area contributed by atoms with Crippen LogP contribution >= 0.6 is 15.9 Å². The van der Waals surface area contributed by atoms with Gasteiger partial charge in [0.1, 0.15) is 16.8 Å². The quantitative estimate of drug-likeness (QED) is 0.457. The van der Waals surface area contributed by atoms with Crippen LogP contribution in [0.4, 0.5) is 4.79 Å². The maximum atomic E-state index is 12.7. The molecular weight excluding hydrogens is 436 g/mol. The molecule has 3 rings (SSSR count). The number of benzene rings is 2. The van der Waals surface area contributed by atoms with Gasteiger partial charge in [-0.25, -0.2) is 4.79 Å². The van der Waals surface area contributed by atoms with Gasteiger partial charge in [0.15, 0.2) is 0 Å². The minimum absolute atomic E-state index is 0.274.